The molecule has 1 amide bonds. The molecule has 2 saturated heterocycles. The third kappa shape index (κ3) is 5.61. The second-order valence-corrected chi connectivity index (χ2v) is 8.60. The van der Waals surface area contributed by atoms with Crippen LogP contribution >= 0.6 is 23.2 Å². The van der Waals surface area contributed by atoms with E-state index in [1.54, 1.807) is 35.2 Å². The van der Waals surface area contributed by atoms with E-state index in [0.29, 0.717) is 74.0 Å². The Balaban J connectivity index is 1.37. The predicted molar refractivity (Wildman–Crippen MR) is 127 cm³/mol. The lowest BCUT2D eigenvalue weighted by Gasteiger charge is -2.36. The van der Waals surface area contributed by atoms with Crippen molar-refractivity contribution in [1.29, 1.82) is 0 Å². The molecule has 0 bridgehead atoms. The molecule has 11 heteroatoms. The standard InChI is InChI=1S/C22H24Cl2N4O5/c23-16-1-4-21(18(24)13-16)33-15-22(29)27-7-5-25(6-8-27)17-2-3-19(28(30)31)20(14-17)26-9-11-32-12-10-26/h1-4,13-14H,5-12,15H2. The zero-order chi connectivity index (χ0) is 23.4. The number of anilines is 2. The van der Waals surface area contributed by atoms with Crippen molar-refractivity contribution in [3.05, 3.63) is 56.6 Å². The topological polar surface area (TPSA) is 88.4 Å². The number of piperazine rings is 1. The van der Waals surface area contributed by atoms with E-state index < -0.39 is 0 Å². The van der Waals surface area contributed by atoms with Gasteiger partial charge in [0.2, 0.25) is 0 Å². The van der Waals surface area contributed by atoms with Gasteiger partial charge in [0.1, 0.15) is 11.4 Å². The van der Waals surface area contributed by atoms with Gasteiger partial charge in [-0.2, -0.15) is 0 Å². The molecule has 2 aromatic rings. The highest BCUT2D eigenvalue weighted by Gasteiger charge is 2.26. The number of carbonyl (C=O) groups is 1. The van der Waals surface area contributed by atoms with Crippen molar-refractivity contribution in [3.63, 3.8) is 0 Å². The van der Waals surface area contributed by atoms with Gasteiger partial charge in [0.25, 0.3) is 11.6 Å². The molecule has 2 fully saturated rings. The van der Waals surface area contributed by atoms with Gasteiger partial charge in [-0.25, -0.2) is 0 Å². The Bertz CT molecular complexity index is 1020. The van der Waals surface area contributed by atoms with Crippen LogP contribution in [0, 0.1) is 10.1 Å². The molecule has 176 valence electrons. The summed E-state index contributed by atoms with van der Waals surface area (Å²) in [5.74, 6) is 0.285. The van der Waals surface area contributed by atoms with Gasteiger partial charge in [0, 0.05) is 56.0 Å². The Morgan fingerprint density at radius 2 is 1.73 bits per heavy atom. The number of amides is 1. The average Bonchev–Trinajstić information content (AvgIpc) is 2.83. The van der Waals surface area contributed by atoms with Gasteiger partial charge in [-0.05, 0) is 30.3 Å². The minimum absolute atomic E-state index is 0.0903. The van der Waals surface area contributed by atoms with E-state index in [4.69, 9.17) is 32.7 Å². The summed E-state index contributed by atoms with van der Waals surface area (Å²) in [6.45, 7) is 4.51. The number of nitrogens with zero attached hydrogens (tertiary/aromatic N) is 4. The highest BCUT2D eigenvalue weighted by atomic mass is 35.5. The van der Waals surface area contributed by atoms with Gasteiger partial charge in [-0.1, -0.05) is 23.2 Å². The number of hydrogen-bond acceptors (Lipinski definition) is 7. The minimum Gasteiger partial charge on any atom is -0.482 e. The maximum absolute atomic E-state index is 12.6. The molecule has 2 aromatic carbocycles. The summed E-state index contributed by atoms with van der Waals surface area (Å²) in [6, 6.07) is 10.0. The number of halogens is 2. The number of carbonyl (C=O) groups excluding carboxylic acids is 1. The number of morpholine rings is 1. The zero-order valence-electron chi connectivity index (χ0n) is 17.9. The first kappa shape index (κ1) is 23.4. The fourth-order valence-corrected chi connectivity index (χ4v) is 4.42. The first-order valence-electron chi connectivity index (χ1n) is 10.6. The molecule has 2 aliphatic heterocycles. The Morgan fingerprint density at radius 3 is 2.39 bits per heavy atom. The van der Waals surface area contributed by atoms with E-state index in [1.165, 1.54) is 0 Å². The lowest BCUT2D eigenvalue weighted by Crippen LogP contribution is -2.50. The van der Waals surface area contributed by atoms with Gasteiger partial charge >= 0.3 is 0 Å². The molecule has 4 rings (SSSR count). The molecular weight excluding hydrogens is 471 g/mol. The van der Waals surface area contributed by atoms with Gasteiger partial charge < -0.3 is 24.2 Å². The Morgan fingerprint density at radius 1 is 1.00 bits per heavy atom. The van der Waals surface area contributed by atoms with Crippen LogP contribution < -0.4 is 14.5 Å². The van der Waals surface area contributed by atoms with Gasteiger partial charge in [-0.3, -0.25) is 14.9 Å². The van der Waals surface area contributed by atoms with Crippen molar-refractivity contribution in [1.82, 2.24) is 4.90 Å². The van der Waals surface area contributed by atoms with Crippen molar-refractivity contribution in [2.45, 2.75) is 0 Å². The fourth-order valence-electron chi connectivity index (χ4n) is 3.96. The molecule has 9 nitrogen and oxygen atoms in total. The van der Waals surface area contributed by atoms with E-state index >= 15 is 0 Å². The lowest BCUT2D eigenvalue weighted by atomic mass is 10.1. The largest absolute Gasteiger partial charge is 0.482 e. The van der Waals surface area contributed by atoms with E-state index in [9.17, 15) is 14.9 Å². The molecule has 33 heavy (non-hydrogen) atoms. The molecule has 0 atom stereocenters. The monoisotopic (exact) mass is 494 g/mol. The molecule has 0 spiro atoms. The number of nitro groups is 1. The molecule has 0 radical (unpaired) electrons. The molecule has 0 unspecified atom stereocenters. The number of nitro benzene ring substituents is 1. The molecule has 0 aromatic heterocycles. The van der Waals surface area contributed by atoms with Gasteiger partial charge in [0.15, 0.2) is 6.61 Å². The van der Waals surface area contributed by atoms with Crippen LogP contribution in [0.4, 0.5) is 17.1 Å². The highest BCUT2D eigenvalue weighted by Crippen LogP contribution is 2.33. The van der Waals surface area contributed by atoms with Gasteiger partial charge in [-0.15, -0.1) is 0 Å². The molecule has 2 aliphatic rings. The number of benzene rings is 2. The SMILES string of the molecule is O=C(COc1ccc(Cl)cc1Cl)N1CCN(c2ccc([N+](=O)[O-])c(N3CCOCC3)c2)CC1. The second kappa shape index (κ2) is 10.5. The lowest BCUT2D eigenvalue weighted by molar-refractivity contribution is -0.384. The Labute approximate surface area is 201 Å². The molecule has 2 heterocycles. The van der Waals surface area contributed by atoms with Crippen LogP contribution in [0.3, 0.4) is 0 Å². The van der Waals surface area contributed by atoms with Crippen molar-refractivity contribution in [2.24, 2.45) is 0 Å². The Kier molecular flexibility index (Phi) is 7.42. The van der Waals surface area contributed by atoms with Crippen LogP contribution in [-0.2, 0) is 9.53 Å². The third-order valence-electron chi connectivity index (χ3n) is 5.75. The third-order valence-corrected chi connectivity index (χ3v) is 6.28. The minimum atomic E-state index is -0.349. The average molecular weight is 495 g/mol. The van der Waals surface area contributed by atoms with Crippen molar-refractivity contribution in [3.8, 4) is 5.75 Å². The molecule has 0 saturated carbocycles. The van der Waals surface area contributed by atoms with E-state index in [1.807, 2.05) is 11.0 Å². The zero-order valence-corrected chi connectivity index (χ0v) is 19.4. The van der Waals surface area contributed by atoms with Crippen molar-refractivity contribution < 1.29 is 19.2 Å². The normalized spacial score (nSPS) is 16.6. The maximum Gasteiger partial charge on any atom is 0.292 e. The molecule has 0 aliphatic carbocycles. The van der Waals surface area contributed by atoms with Crippen LogP contribution in [0.15, 0.2) is 36.4 Å². The summed E-state index contributed by atoms with van der Waals surface area (Å²) in [4.78, 5) is 29.6. The van der Waals surface area contributed by atoms with E-state index in [2.05, 4.69) is 4.90 Å². The maximum atomic E-state index is 12.6. The van der Waals surface area contributed by atoms with E-state index in [0.717, 1.165) is 5.69 Å². The van der Waals surface area contributed by atoms with Gasteiger partial charge in [0.05, 0.1) is 23.2 Å². The quantitative estimate of drug-likeness (QED) is 0.448. The molecular formula is C22H24Cl2N4O5. The summed E-state index contributed by atoms with van der Waals surface area (Å²) in [7, 11) is 0. The summed E-state index contributed by atoms with van der Waals surface area (Å²) in [5.41, 5.74) is 1.60. The van der Waals surface area contributed by atoms with E-state index in [-0.39, 0.29) is 23.1 Å². The number of ether oxygens (including phenoxy) is 2. The first-order chi connectivity index (χ1) is 15.9. The summed E-state index contributed by atoms with van der Waals surface area (Å²) >= 11 is 12.0. The summed E-state index contributed by atoms with van der Waals surface area (Å²) < 4.78 is 10.9. The smallest absolute Gasteiger partial charge is 0.292 e. The van der Waals surface area contributed by atoms with Crippen molar-refractivity contribution >= 4 is 46.2 Å². The van der Waals surface area contributed by atoms with Crippen LogP contribution in [0.1, 0.15) is 0 Å². The highest BCUT2D eigenvalue weighted by molar-refractivity contribution is 6.35. The van der Waals surface area contributed by atoms with Crippen LogP contribution in [0.5, 0.6) is 5.75 Å². The number of rotatable bonds is 6. The predicted octanol–water partition coefficient (Wildman–Crippen LogP) is 3.47. The summed E-state index contributed by atoms with van der Waals surface area (Å²) in [6.07, 6.45) is 0. The second-order valence-electron chi connectivity index (χ2n) is 7.76. The summed E-state index contributed by atoms with van der Waals surface area (Å²) in [5, 5.41) is 12.4. The van der Waals surface area contributed by atoms with Crippen LogP contribution in [0.2, 0.25) is 10.0 Å². The van der Waals surface area contributed by atoms with Crippen molar-refractivity contribution in [2.75, 3.05) is 68.9 Å². The number of hydrogen-bond donors (Lipinski definition) is 0. The fraction of sp³-hybridized carbons (Fsp3) is 0.409. The van der Waals surface area contributed by atoms with Crippen LogP contribution in [-0.4, -0.2) is 74.8 Å². The molecule has 0 N–H and O–H groups in total. The van der Waals surface area contributed by atoms with Crippen LogP contribution in [0.25, 0.3) is 0 Å². The Hall–Kier alpha value is -2.75. The first-order valence-corrected chi connectivity index (χ1v) is 11.4.